The van der Waals surface area contributed by atoms with Gasteiger partial charge in [0.2, 0.25) is 5.91 Å². The van der Waals surface area contributed by atoms with E-state index in [4.69, 9.17) is 4.52 Å². The molecule has 1 spiro atoms. The highest BCUT2D eigenvalue weighted by Gasteiger charge is 2.56. The Bertz CT molecular complexity index is 1150. The van der Waals surface area contributed by atoms with Crippen molar-refractivity contribution >= 4 is 22.7 Å². The monoisotopic (exact) mass is 424 g/mol. The zero-order valence-electron chi connectivity index (χ0n) is 16.9. The second-order valence-corrected chi connectivity index (χ2v) is 8.81. The fourth-order valence-corrected chi connectivity index (χ4v) is 5.48. The lowest BCUT2D eigenvalue weighted by atomic mass is 9.77. The number of hydrogen-bond acceptors (Lipinski definition) is 5. The molecule has 31 heavy (non-hydrogen) atoms. The van der Waals surface area contributed by atoms with Crippen LogP contribution in [0.15, 0.2) is 47.0 Å². The molecule has 3 aliphatic heterocycles. The van der Waals surface area contributed by atoms with Crippen LogP contribution in [0.4, 0.5) is 14.6 Å². The summed E-state index contributed by atoms with van der Waals surface area (Å²) in [5, 5.41) is 9.06. The Kier molecular flexibility index (Phi) is 4.08. The molecule has 3 aromatic rings. The molecular weight excluding hydrogens is 402 g/mol. The number of fused-ring (bicyclic) bond motifs is 2. The van der Waals surface area contributed by atoms with Gasteiger partial charge in [0.05, 0.1) is 16.8 Å². The van der Waals surface area contributed by atoms with Crippen molar-refractivity contribution in [3.8, 4) is 0 Å². The number of hydrazine groups is 1. The zero-order valence-corrected chi connectivity index (χ0v) is 16.9. The molecule has 1 atom stereocenters. The smallest absolute Gasteiger partial charge is 0.245 e. The average Bonchev–Trinajstić information content (AvgIpc) is 3.43. The molecule has 0 bridgehead atoms. The van der Waals surface area contributed by atoms with Crippen LogP contribution in [0, 0.1) is 17.0 Å². The van der Waals surface area contributed by atoms with Gasteiger partial charge in [-0.05, 0) is 49.1 Å². The molecule has 6 nitrogen and oxygen atoms in total. The molecule has 0 unspecified atom stereocenters. The molecule has 0 aliphatic carbocycles. The molecule has 0 N–H and O–H groups in total. The van der Waals surface area contributed by atoms with Gasteiger partial charge in [-0.15, -0.1) is 0 Å². The molecule has 4 heterocycles. The number of amides is 1. The fraction of sp³-hybridized carbons (Fsp3) is 0.391. The Morgan fingerprint density at radius 1 is 1.03 bits per heavy atom. The van der Waals surface area contributed by atoms with E-state index in [0.29, 0.717) is 51.0 Å². The maximum absolute atomic E-state index is 13.8. The predicted molar refractivity (Wildman–Crippen MR) is 110 cm³/mol. The van der Waals surface area contributed by atoms with E-state index in [0.717, 1.165) is 22.9 Å². The molecule has 0 saturated carbocycles. The Hall–Kier alpha value is -3.00. The zero-order chi connectivity index (χ0) is 21.2. The third-order valence-electron chi connectivity index (χ3n) is 7.06. The number of aromatic nitrogens is 1. The molecular formula is C23H22F2N4O2. The summed E-state index contributed by atoms with van der Waals surface area (Å²) in [6, 6.07) is 11.0. The quantitative estimate of drug-likeness (QED) is 0.625. The van der Waals surface area contributed by atoms with Crippen LogP contribution < -0.4 is 4.90 Å². The van der Waals surface area contributed by atoms with Crippen molar-refractivity contribution in [3.63, 3.8) is 0 Å². The Labute approximate surface area is 178 Å². The third kappa shape index (κ3) is 2.85. The number of halogens is 2. The van der Waals surface area contributed by atoms with E-state index in [-0.39, 0.29) is 11.9 Å². The van der Waals surface area contributed by atoms with E-state index in [2.05, 4.69) is 15.1 Å². The van der Waals surface area contributed by atoms with E-state index in [1.54, 1.807) is 5.01 Å². The van der Waals surface area contributed by atoms with Crippen molar-refractivity contribution < 1.29 is 18.1 Å². The SMILES string of the molecule is O=C1N2[C@H](c3cc(F)cc(F)c3)CCN2CC12CCN(c1noc3ccccc13)CC2. The summed E-state index contributed by atoms with van der Waals surface area (Å²) >= 11 is 0. The first-order valence-corrected chi connectivity index (χ1v) is 10.7. The fourth-order valence-electron chi connectivity index (χ4n) is 5.48. The van der Waals surface area contributed by atoms with Crippen molar-refractivity contribution in [3.05, 3.63) is 59.7 Å². The van der Waals surface area contributed by atoms with Crippen molar-refractivity contribution in [1.82, 2.24) is 15.2 Å². The molecule has 0 radical (unpaired) electrons. The number of nitrogens with zero attached hydrogens (tertiary/aromatic N) is 4. The summed E-state index contributed by atoms with van der Waals surface area (Å²) in [6.07, 6.45) is 2.11. The number of hydrogen-bond donors (Lipinski definition) is 0. The minimum Gasteiger partial charge on any atom is -0.354 e. The molecule has 8 heteroatoms. The van der Waals surface area contributed by atoms with Gasteiger partial charge in [-0.1, -0.05) is 17.3 Å². The van der Waals surface area contributed by atoms with E-state index in [1.807, 2.05) is 24.3 Å². The topological polar surface area (TPSA) is 52.8 Å². The summed E-state index contributed by atoms with van der Waals surface area (Å²) < 4.78 is 33.0. The van der Waals surface area contributed by atoms with Crippen LogP contribution in [0.5, 0.6) is 0 Å². The third-order valence-corrected chi connectivity index (χ3v) is 7.06. The molecule has 160 valence electrons. The number of rotatable bonds is 2. The molecule has 3 fully saturated rings. The van der Waals surface area contributed by atoms with Crippen LogP contribution in [0.1, 0.15) is 30.9 Å². The van der Waals surface area contributed by atoms with Crippen LogP contribution in [-0.4, -0.2) is 47.3 Å². The number of para-hydroxylation sites is 1. The number of carbonyl (C=O) groups is 1. The van der Waals surface area contributed by atoms with Gasteiger partial charge in [-0.2, -0.15) is 0 Å². The summed E-state index contributed by atoms with van der Waals surface area (Å²) in [6.45, 7) is 2.80. The first-order chi connectivity index (χ1) is 15.0. The van der Waals surface area contributed by atoms with E-state index in [9.17, 15) is 13.6 Å². The highest BCUT2D eigenvalue weighted by atomic mass is 19.1. The van der Waals surface area contributed by atoms with Gasteiger partial charge < -0.3 is 9.42 Å². The summed E-state index contributed by atoms with van der Waals surface area (Å²) in [7, 11) is 0. The number of anilines is 1. The molecule has 6 rings (SSSR count). The van der Waals surface area contributed by atoms with Gasteiger partial charge in [0.15, 0.2) is 11.4 Å². The van der Waals surface area contributed by atoms with Crippen molar-refractivity contribution in [1.29, 1.82) is 0 Å². The van der Waals surface area contributed by atoms with Gasteiger partial charge in [0, 0.05) is 32.2 Å². The summed E-state index contributed by atoms with van der Waals surface area (Å²) in [4.78, 5) is 15.8. The normalized spacial score (nSPS) is 23.3. The maximum Gasteiger partial charge on any atom is 0.245 e. The van der Waals surface area contributed by atoms with Gasteiger partial charge in [0.25, 0.3) is 0 Å². The number of piperidine rings is 1. The van der Waals surface area contributed by atoms with Crippen LogP contribution in [0.25, 0.3) is 11.0 Å². The maximum atomic E-state index is 13.8. The highest BCUT2D eigenvalue weighted by molar-refractivity contribution is 5.89. The van der Waals surface area contributed by atoms with Crippen molar-refractivity contribution in [2.45, 2.75) is 25.3 Å². The van der Waals surface area contributed by atoms with Gasteiger partial charge >= 0.3 is 0 Å². The van der Waals surface area contributed by atoms with E-state index < -0.39 is 17.0 Å². The Morgan fingerprint density at radius 2 is 1.77 bits per heavy atom. The number of benzene rings is 2. The average molecular weight is 424 g/mol. The van der Waals surface area contributed by atoms with Crippen LogP contribution in [-0.2, 0) is 4.79 Å². The Morgan fingerprint density at radius 3 is 2.55 bits per heavy atom. The number of carbonyl (C=O) groups excluding carboxylic acids is 1. The minimum absolute atomic E-state index is 0.0735. The molecule has 3 aliphatic rings. The first kappa shape index (κ1) is 18.7. The largest absolute Gasteiger partial charge is 0.354 e. The van der Waals surface area contributed by atoms with E-state index in [1.165, 1.54) is 12.1 Å². The lowest BCUT2D eigenvalue weighted by Gasteiger charge is -2.37. The Balaban J connectivity index is 1.23. The van der Waals surface area contributed by atoms with E-state index >= 15 is 0 Å². The highest BCUT2D eigenvalue weighted by Crippen LogP contribution is 2.47. The summed E-state index contributed by atoms with van der Waals surface area (Å²) in [5.74, 6) is -0.319. The van der Waals surface area contributed by atoms with Gasteiger partial charge in [-0.25, -0.2) is 13.8 Å². The minimum atomic E-state index is -0.608. The summed E-state index contributed by atoms with van der Waals surface area (Å²) in [5.41, 5.74) is 0.823. The predicted octanol–water partition coefficient (Wildman–Crippen LogP) is 3.90. The molecule has 3 saturated heterocycles. The van der Waals surface area contributed by atoms with Gasteiger partial charge in [0.1, 0.15) is 11.6 Å². The second-order valence-electron chi connectivity index (χ2n) is 8.81. The molecule has 2 aromatic carbocycles. The molecule has 1 aromatic heterocycles. The molecule has 1 amide bonds. The van der Waals surface area contributed by atoms with Crippen molar-refractivity contribution in [2.24, 2.45) is 5.41 Å². The van der Waals surface area contributed by atoms with Crippen molar-refractivity contribution in [2.75, 3.05) is 31.1 Å². The van der Waals surface area contributed by atoms with Crippen LogP contribution in [0.3, 0.4) is 0 Å². The van der Waals surface area contributed by atoms with Gasteiger partial charge in [-0.3, -0.25) is 9.80 Å². The lowest BCUT2D eigenvalue weighted by molar-refractivity contribution is -0.143. The van der Waals surface area contributed by atoms with Crippen LogP contribution in [0.2, 0.25) is 0 Å². The van der Waals surface area contributed by atoms with Crippen LogP contribution >= 0.6 is 0 Å². The first-order valence-electron chi connectivity index (χ1n) is 10.7. The second kappa shape index (κ2) is 6.75. The standard InChI is InChI=1S/C23H22F2N4O2/c24-16-11-15(12-17(25)13-16)19-5-8-28-14-23(22(30)29(19)28)6-9-27(10-7-23)21-18-3-1-2-4-20(18)31-26-21/h1-4,11-13,19H,5-10,14H2/t19-/m0/s1. The lowest BCUT2D eigenvalue weighted by Crippen LogP contribution is -2.46.